The summed E-state index contributed by atoms with van der Waals surface area (Å²) in [5, 5.41) is 8.33. The minimum absolute atomic E-state index is 0.0530. The summed E-state index contributed by atoms with van der Waals surface area (Å²) in [5.41, 5.74) is 0. The Balaban J connectivity index is 1.71. The summed E-state index contributed by atoms with van der Waals surface area (Å²) in [7, 11) is 0. The van der Waals surface area contributed by atoms with Gasteiger partial charge in [0.2, 0.25) is 0 Å². The highest BCUT2D eigenvalue weighted by molar-refractivity contribution is 4.67. The highest BCUT2D eigenvalue weighted by Crippen LogP contribution is 2.13. The molecular weight excluding hydrogens is 218 g/mol. The van der Waals surface area contributed by atoms with Gasteiger partial charge in [-0.2, -0.15) is 5.26 Å². The summed E-state index contributed by atoms with van der Waals surface area (Å²) in [6.07, 6.45) is 6.93. The second kappa shape index (κ2) is 10.5. The van der Waals surface area contributed by atoms with E-state index in [0.29, 0.717) is 13.0 Å². The molecule has 0 aromatic rings. The fourth-order valence-corrected chi connectivity index (χ4v) is 1.73. The van der Waals surface area contributed by atoms with Gasteiger partial charge in [-0.05, 0) is 32.1 Å². The zero-order valence-electron chi connectivity index (χ0n) is 10.5. The smallest absolute Gasteiger partial charge is 0.157 e. The number of nitriles is 1. The van der Waals surface area contributed by atoms with Crippen molar-refractivity contribution in [3.63, 3.8) is 0 Å². The first-order valence-corrected chi connectivity index (χ1v) is 6.61. The zero-order chi connectivity index (χ0) is 12.2. The van der Waals surface area contributed by atoms with Crippen molar-refractivity contribution in [3.05, 3.63) is 0 Å². The molecule has 1 fully saturated rings. The van der Waals surface area contributed by atoms with Gasteiger partial charge in [-0.3, -0.25) is 0 Å². The lowest BCUT2D eigenvalue weighted by Gasteiger charge is -2.10. The van der Waals surface area contributed by atoms with Gasteiger partial charge >= 0.3 is 0 Å². The molecule has 0 saturated carbocycles. The quantitative estimate of drug-likeness (QED) is 0.552. The molecule has 0 aliphatic carbocycles. The Labute approximate surface area is 104 Å². The SMILES string of the molecule is N#CCCCOCCCCCOC1CCCO1. The molecule has 1 aliphatic rings. The number of nitrogens with zero attached hydrogens (tertiary/aromatic N) is 1. The summed E-state index contributed by atoms with van der Waals surface area (Å²) in [6.45, 7) is 3.14. The Hall–Kier alpha value is -0.630. The molecule has 4 nitrogen and oxygen atoms in total. The minimum Gasteiger partial charge on any atom is -0.381 e. The molecule has 0 amide bonds. The van der Waals surface area contributed by atoms with E-state index in [1.54, 1.807) is 0 Å². The second-order valence-corrected chi connectivity index (χ2v) is 4.25. The van der Waals surface area contributed by atoms with Crippen LogP contribution in [0.3, 0.4) is 0 Å². The molecule has 0 radical (unpaired) electrons. The number of hydrogen-bond donors (Lipinski definition) is 0. The molecule has 0 aromatic carbocycles. The minimum atomic E-state index is 0.0530. The van der Waals surface area contributed by atoms with E-state index >= 15 is 0 Å². The molecule has 1 rings (SSSR count). The topological polar surface area (TPSA) is 51.5 Å². The van der Waals surface area contributed by atoms with Crippen molar-refractivity contribution < 1.29 is 14.2 Å². The van der Waals surface area contributed by atoms with Crippen LogP contribution in [0, 0.1) is 11.3 Å². The average molecular weight is 241 g/mol. The maximum absolute atomic E-state index is 8.33. The summed E-state index contributed by atoms with van der Waals surface area (Å²) >= 11 is 0. The van der Waals surface area contributed by atoms with Gasteiger partial charge in [-0.1, -0.05) is 0 Å². The molecular formula is C13H23NO3. The fraction of sp³-hybridized carbons (Fsp3) is 0.923. The summed E-state index contributed by atoms with van der Waals surface area (Å²) < 4.78 is 16.3. The van der Waals surface area contributed by atoms with Gasteiger partial charge in [0, 0.05) is 39.3 Å². The summed E-state index contributed by atoms with van der Waals surface area (Å²) in [5.74, 6) is 0. The predicted octanol–water partition coefficient (Wildman–Crippen LogP) is 2.63. The first-order valence-electron chi connectivity index (χ1n) is 6.61. The zero-order valence-corrected chi connectivity index (χ0v) is 10.5. The normalized spacial score (nSPS) is 19.4. The van der Waals surface area contributed by atoms with E-state index in [-0.39, 0.29) is 6.29 Å². The van der Waals surface area contributed by atoms with Gasteiger partial charge in [0.15, 0.2) is 6.29 Å². The molecule has 0 aromatic heterocycles. The Morgan fingerprint density at radius 1 is 1.12 bits per heavy atom. The molecule has 1 heterocycles. The van der Waals surface area contributed by atoms with Gasteiger partial charge in [0.1, 0.15) is 0 Å². The van der Waals surface area contributed by atoms with Crippen LogP contribution >= 0.6 is 0 Å². The van der Waals surface area contributed by atoms with Crippen LogP contribution in [0.15, 0.2) is 0 Å². The average Bonchev–Trinajstić information content (AvgIpc) is 2.85. The number of rotatable bonds is 10. The van der Waals surface area contributed by atoms with Crippen LogP contribution in [0.4, 0.5) is 0 Å². The Kier molecular flexibility index (Phi) is 8.93. The van der Waals surface area contributed by atoms with Crippen LogP contribution in [0.5, 0.6) is 0 Å². The number of hydrogen-bond acceptors (Lipinski definition) is 4. The van der Waals surface area contributed by atoms with Crippen molar-refractivity contribution in [3.8, 4) is 6.07 Å². The lowest BCUT2D eigenvalue weighted by atomic mass is 10.2. The van der Waals surface area contributed by atoms with Gasteiger partial charge < -0.3 is 14.2 Å². The molecule has 1 saturated heterocycles. The molecule has 17 heavy (non-hydrogen) atoms. The van der Waals surface area contributed by atoms with Crippen molar-refractivity contribution >= 4 is 0 Å². The number of ether oxygens (including phenoxy) is 3. The van der Waals surface area contributed by atoms with Gasteiger partial charge in [0.05, 0.1) is 6.07 Å². The Morgan fingerprint density at radius 2 is 1.94 bits per heavy atom. The third kappa shape index (κ3) is 8.14. The van der Waals surface area contributed by atoms with Crippen LogP contribution in [-0.4, -0.2) is 32.7 Å². The van der Waals surface area contributed by atoms with Crippen molar-refractivity contribution in [2.75, 3.05) is 26.4 Å². The molecule has 98 valence electrons. The van der Waals surface area contributed by atoms with E-state index in [1.807, 2.05) is 0 Å². The predicted molar refractivity (Wildman–Crippen MR) is 64.4 cm³/mol. The molecule has 1 unspecified atom stereocenters. The second-order valence-electron chi connectivity index (χ2n) is 4.25. The fourth-order valence-electron chi connectivity index (χ4n) is 1.73. The molecule has 1 atom stereocenters. The van der Waals surface area contributed by atoms with Crippen molar-refractivity contribution in [1.82, 2.24) is 0 Å². The highest BCUT2D eigenvalue weighted by Gasteiger charge is 2.14. The van der Waals surface area contributed by atoms with E-state index in [1.165, 1.54) is 0 Å². The van der Waals surface area contributed by atoms with Gasteiger partial charge in [-0.25, -0.2) is 0 Å². The van der Waals surface area contributed by atoms with E-state index in [2.05, 4.69) is 6.07 Å². The molecule has 4 heteroatoms. The lowest BCUT2D eigenvalue weighted by molar-refractivity contribution is -0.111. The molecule has 0 N–H and O–H groups in total. The molecule has 0 bridgehead atoms. The van der Waals surface area contributed by atoms with Crippen molar-refractivity contribution in [2.45, 2.75) is 51.2 Å². The third-order valence-electron chi connectivity index (χ3n) is 2.70. The Morgan fingerprint density at radius 3 is 2.71 bits per heavy atom. The Bertz CT molecular complexity index is 209. The van der Waals surface area contributed by atoms with Crippen LogP contribution in [0.2, 0.25) is 0 Å². The summed E-state index contributed by atoms with van der Waals surface area (Å²) in [4.78, 5) is 0. The van der Waals surface area contributed by atoms with Crippen molar-refractivity contribution in [2.24, 2.45) is 0 Å². The van der Waals surface area contributed by atoms with E-state index in [0.717, 1.165) is 58.3 Å². The van der Waals surface area contributed by atoms with Crippen LogP contribution < -0.4 is 0 Å². The third-order valence-corrected chi connectivity index (χ3v) is 2.70. The van der Waals surface area contributed by atoms with Crippen LogP contribution in [-0.2, 0) is 14.2 Å². The standard InChI is InChI=1S/C13H23NO3/c14-8-2-5-10-15-9-3-1-4-11-16-13-7-6-12-17-13/h13H,1-7,9-12H2. The molecule has 0 spiro atoms. The van der Waals surface area contributed by atoms with E-state index in [9.17, 15) is 0 Å². The number of unbranched alkanes of at least 4 members (excludes halogenated alkanes) is 3. The van der Waals surface area contributed by atoms with Crippen molar-refractivity contribution in [1.29, 1.82) is 5.26 Å². The van der Waals surface area contributed by atoms with Crippen LogP contribution in [0.25, 0.3) is 0 Å². The van der Waals surface area contributed by atoms with Crippen LogP contribution in [0.1, 0.15) is 44.9 Å². The largest absolute Gasteiger partial charge is 0.381 e. The lowest BCUT2D eigenvalue weighted by Crippen LogP contribution is -2.11. The van der Waals surface area contributed by atoms with E-state index in [4.69, 9.17) is 19.5 Å². The van der Waals surface area contributed by atoms with E-state index < -0.39 is 0 Å². The van der Waals surface area contributed by atoms with Gasteiger partial charge in [-0.15, -0.1) is 0 Å². The first-order chi connectivity index (χ1) is 8.43. The first kappa shape index (κ1) is 14.4. The monoisotopic (exact) mass is 241 g/mol. The molecule has 1 aliphatic heterocycles. The maximum Gasteiger partial charge on any atom is 0.157 e. The summed E-state index contributed by atoms with van der Waals surface area (Å²) in [6, 6.07) is 2.10. The maximum atomic E-state index is 8.33. The highest BCUT2D eigenvalue weighted by atomic mass is 16.7. The van der Waals surface area contributed by atoms with Gasteiger partial charge in [0.25, 0.3) is 0 Å².